The second-order valence-corrected chi connectivity index (χ2v) is 6.34. The van der Waals surface area contributed by atoms with E-state index in [2.05, 4.69) is 14.9 Å². The molecule has 3 rings (SSSR count). The Labute approximate surface area is 127 Å². The molecule has 5 nitrogen and oxygen atoms in total. The van der Waals surface area contributed by atoms with Crippen LogP contribution in [0.4, 0.5) is 0 Å². The van der Waals surface area contributed by atoms with Crippen LogP contribution >= 0.6 is 11.6 Å². The zero-order valence-electron chi connectivity index (χ0n) is 10.7. The summed E-state index contributed by atoms with van der Waals surface area (Å²) in [6.07, 6.45) is 1.56. The number of rotatable bonds is 2. The lowest BCUT2D eigenvalue weighted by molar-refractivity contribution is 0.599. The molecule has 0 fully saturated rings. The lowest BCUT2D eigenvalue weighted by atomic mass is 10.2. The number of hydrogen-bond acceptors (Lipinski definition) is 4. The highest BCUT2D eigenvalue weighted by atomic mass is 35.5. The third-order valence-electron chi connectivity index (χ3n) is 2.89. The molecular weight excluding hydrogens is 310 g/mol. The van der Waals surface area contributed by atoms with E-state index in [-0.39, 0.29) is 10.7 Å². The maximum atomic E-state index is 11.8. The minimum absolute atomic E-state index is 0.189. The summed E-state index contributed by atoms with van der Waals surface area (Å²) in [6, 6.07) is 13.7. The van der Waals surface area contributed by atoms with Gasteiger partial charge in [0.25, 0.3) is 10.0 Å². The van der Waals surface area contributed by atoms with Crippen molar-refractivity contribution >= 4 is 33.7 Å². The summed E-state index contributed by atoms with van der Waals surface area (Å²) in [5.41, 5.74) is 4.02. The van der Waals surface area contributed by atoms with E-state index in [9.17, 15) is 8.42 Å². The molecule has 1 aliphatic heterocycles. The van der Waals surface area contributed by atoms with Gasteiger partial charge in [-0.3, -0.25) is 5.43 Å². The van der Waals surface area contributed by atoms with Crippen LogP contribution in [0.3, 0.4) is 0 Å². The largest absolute Gasteiger partial charge is 0.285 e. The fourth-order valence-corrected chi connectivity index (χ4v) is 3.20. The summed E-state index contributed by atoms with van der Waals surface area (Å²) in [4.78, 5) is 0.189. The normalized spacial score (nSPS) is 15.8. The number of halogens is 1. The zero-order valence-corrected chi connectivity index (χ0v) is 12.3. The van der Waals surface area contributed by atoms with Crippen molar-refractivity contribution in [3.05, 3.63) is 64.7 Å². The minimum Gasteiger partial charge on any atom is -0.260 e. The van der Waals surface area contributed by atoms with Crippen LogP contribution in [0.2, 0.25) is 5.02 Å². The van der Waals surface area contributed by atoms with E-state index in [0.717, 1.165) is 5.56 Å². The lowest BCUT2D eigenvalue weighted by Crippen LogP contribution is -2.17. The monoisotopic (exact) mass is 319 g/mol. The van der Waals surface area contributed by atoms with Gasteiger partial charge in [-0.2, -0.15) is 13.5 Å². The van der Waals surface area contributed by atoms with Crippen LogP contribution in [0.1, 0.15) is 11.1 Å². The number of hydrazone groups is 1. The first-order valence-electron chi connectivity index (χ1n) is 6.05. The fourth-order valence-electron chi connectivity index (χ4n) is 1.90. The smallest absolute Gasteiger partial charge is 0.260 e. The minimum atomic E-state index is -3.62. The van der Waals surface area contributed by atoms with Crippen molar-refractivity contribution < 1.29 is 8.42 Å². The van der Waals surface area contributed by atoms with Gasteiger partial charge >= 0.3 is 0 Å². The molecule has 1 N–H and O–H groups in total. The predicted molar refractivity (Wildman–Crippen MR) is 82.3 cm³/mol. The van der Waals surface area contributed by atoms with E-state index in [1.807, 2.05) is 0 Å². The van der Waals surface area contributed by atoms with Gasteiger partial charge in [-0.05, 0) is 29.8 Å². The van der Waals surface area contributed by atoms with Crippen molar-refractivity contribution in [2.24, 2.45) is 9.50 Å². The first kappa shape index (κ1) is 13.8. The lowest BCUT2D eigenvalue weighted by Gasteiger charge is -2.00. The zero-order chi connectivity index (χ0) is 14.9. The molecule has 2 aromatic carbocycles. The highest BCUT2D eigenvalue weighted by molar-refractivity contribution is 7.90. The maximum Gasteiger partial charge on any atom is 0.285 e. The molecule has 1 heterocycles. The van der Waals surface area contributed by atoms with Crippen molar-refractivity contribution in [1.29, 1.82) is 0 Å². The number of fused-ring (bicyclic) bond motifs is 1. The van der Waals surface area contributed by atoms with Crippen LogP contribution in [0, 0.1) is 0 Å². The average molecular weight is 320 g/mol. The van der Waals surface area contributed by atoms with Crippen LogP contribution in [0.25, 0.3) is 0 Å². The molecular formula is C14H10ClN3O2S. The number of amidine groups is 1. The first-order valence-corrected chi connectivity index (χ1v) is 7.87. The van der Waals surface area contributed by atoms with Crippen LogP contribution < -0.4 is 5.43 Å². The van der Waals surface area contributed by atoms with Gasteiger partial charge < -0.3 is 0 Å². The van der Waals surface area contributed by atoms with Crippen molar-refractivity contribution in [2.45, 2.75) is 4.90 Å². The van der Waals surface area contributed by atoms with E-state index in [0.29, 0.717) is 10.6 Å². The fraction of sp³-hybridized carbons (Fsp3) is 0. The van der Waals surface area contributed by atoms with Gasteiger partial charge in [0, 0.05) is 10.6 Å². The third kappa shape index (κ3) is 2.81. The number of benzene rings is 2. The number of nitrogens with zero attached hydrogens (tertiary/aromatic N) is 2. The summed E-state index contributed by atoms with van der Waals surface area (Å²) in [6.45, 7) is 0. The van der Waals surface area contributed by atoms with Gasteiger partial charge in [0.15, 0.2) is 5.84 Å². The van der Waals surface area contributed by atoms with Crippen LogP contribution in [0.5, 0.6) is 0 Å². The Bertz CT molecular complexity index is 843. The Balaban J connectivity index is 1.82. The topological polar surface area (TPSA) is 70.9 Å². The van der Waals surface area contributed by atoms with Gasteiger partial charge in [-0.25, -0.2) is 0 Å². The molecule has 0 unspecified atom stereocenters. The molecule has 0 atom stereocenters. The van der Waals surface area contributed by atoms with Gasteiger partial charge in [-0.15, -0.1) is 4.40 Å². The summed E-state index contributed by atoms with van der Waals surface area (Å²) < 4.78 is 27.4. The van der Waals surface area contributed by atoms with Crippen molar-refractivity contribution in [3.8, 4) is 0 Å². The van der Waals surface area contributed by atoms with Crippen LogP contribution in [-0.2, 0) is 10.0 Å². The number of sulfonamides is 1. The van der Waals surface area contributed by atoms with Crippen molar-refractivity contribution in [2.75, 3.05) is 0 Å². The van der Waals surface area contributed by atoms with Crippen molar-refractivity contribution in [3.63, 3.8) is 0 Å². The summed E-state index contributed by atoms with van der Waals surface area (Å²) in [5, 5.41) is 4.64. The van der Waals surface area contributed by atoms with Crippen molar-refractivity contribution in [1.82, 2.24) is 5.43 Å². The van der Waals surface area contributed by atoms with E-state index in [4.69, 9.17) is 11.6 Å². The highest BCUT2D eigenvalue weighted by Gasteiger charge is 2.27. The van der Waals surface area contributed by atoms with Crippen LogP contribution in [0.15, 0.2) is 62.9 Å². The second kappa shape index (κ2) is 5.31. The molecule has 0 aliphatic carbocycles. The molecule has 7 heteroatoms. The van der Waals surface area contributed by atoms with E-state index < -0.39 is 10.0 Å². The standard InChI is InChI=1S/C14H10ClN3O2S/c15-11-7-5-10(6-8-11)9-16-17-14-12-3-1-2-4-13(12)21(19,20)18-14/h1-9H,(H,17,18)/b16-9+. The average Bonchev–Trinajstić information content (AvgIpc) is 2.73. The first-order chi connectivity index (χ1) is 10.1. The molecule has 0 spiro atoms. The Morgan fingerprint density at radius 3 is 2.57 bits per heavy atom. The van der Waals surface area contributed by atoms with Gasteiger partial charge in [0.05, 0.1) is 6.21 Å². The second-order valence-electron chi connectivity index (χ2n) is 4.33. The molecule has 0 aromatic heterocycles. The third-order valence-corrected chi connectivity index (χ3v) is 4.47. The van der Waals surface area contributed by atoms with Crippen LogP contribution in [-0.4, -0.2) is 20.5 Å². The molecule has 0 bridgehead atoms. The Hall–Kier alpha value is -2.18. The molecule has 0 radical (unpaired) electrons. The molecule has 0 saturated heterocycles. The SMILES string of the molecule is O=S1(=O)N=C(N/N=C/c2ccc(Cl)cc2)c2ccccc21. The molecule has 1 aliphatic rings. The van der Waals surface area contributed by atoms with E-state index in [1.54, 1.807) is 48.7 Å². The molecule has 106 valence electrons. The summed E-state index contributed by atoms with van der Waals surface area (Å²) in [5.74, 6) is 0.218. The molecule has 0 saturated carbocycles. The Morgan fingerprint density at radius 2 is 1.81 bits per heavy atom. The Morgan fingerprint density at radius 1 is 1.10 bits per heavy atom. The highest BCUT2D eigenvalue weighted by Crippen LogP contribution is 2.24. The molecule has 2 aromatic rings. The van der Waals surface area contributed by atoms with Gasteiger partial charge in [0.1, 0.15) is 4.90 Å². The Kier molecular flexibility index (Phi) is 3.48. The van der Waals surface area contributed by atoms with E-state index in [1.165, 1.54) is 6.07 Å². The quantitative estimate of drug-likeness (QED) is 0.682. The number of nitrogens with one attached hydrogen (secondary N) is 1. The predicted octanol–water partition coefficient (Wildman–Crippen LogP) is 2.41. The van der Waals surface area contributed by atoms with Gasteiger partial charge in [-0.1, -0.05) is 35.9 Å². The summed E-state index contributed by atoms with van der Waals surface area (Å²) >= 11 is 5.79. The number of hydrogen-bond donors (Lipinski definition) is 1. The summed E-state index contributed by atoms with van der Waals surface area (Å²) in [7, 11) is -3.62. The van der Waals surface area contributed by atoms with Gasteiger partial charge in [0.2, 0.25) is 0 Å². The maximum absolute atomic E-state index is 11.8. The molecule has 0 amide bonds. The van der Waals surface area contributed by atoms with E-state index >= 15 is 0 Å². The molecule has 21 heavy (non-hydrogen) atoms.